The molecule has 0 spiro atoms. The number of benzene rings is 2. The zero-order valence-electron chi connectivity index (χ0n) is 16.0. The second-order valence-electron chi connectivity index (χ2n) is 6.53. The number of ketones is 1. The van der Waals surface area contributed by atoms with E-state index >= 15 is 0 Å². The molecule has 1 fully saturated rings. The average molecular weight is 433 g/mol. The van der Waals surface area contributed by atoms with Crippen molar-refractivity contribution in [1.29, 1.82) is 0 Å². The standard InChI is InChI=1S/C19H19ClN2O2.C2H2O4/c20-15-8-9-17(21-18(23)13-22-10-4-5-11-22)16(12-15)19(24)14-6-2-1-3-7-14;3-1(4)2(5)6/h1-3,6-9,12H,4-5,10-11,13H2,(H,21,23);(H,3,4)(H,5,6). The molecule has 0 aromatic heterocycles. The number of likely N-dealkylation sites (tertiary alicyclic amines) is 1. The quantitative estimate of drug-likeness (QED) is 0.490. The molecule has 1 aliphatic heterocycles. The number of aliphatic carboxylic acids is 2. The van der Waals surface area contributed by atoms with E-state index in [0.717, 1.165) is 25.9 Å². The van der Waals surface area contributed by atoms with E-state index in [0.29, 0.717) is 28.4 Å². The summed E-state index contributed by atoms with van der Waals surface area (Å²) >= 11 is 6.05. The van der Waals surface area contributed by atoms with Crippen molar-refractivity contribution in [2.24, 2.45) is 0 Å². The number of rotatable bonds is 5. The maximum Gasteiger partial charge on any atom is 0.414 e. The predicted octanol–water partition coefficient (Wildman–Crippen LogP) is 2.76. The lowest BCUT2D eigenvalue weighted by Crippen LogP contribution is -2.31. The molecule has 1 saturated heterocycles. The lowest BCUT2D eigenvalue weighted by atomic mass is 10.0. The minimum atomic E-state index is -1.82. The number of halogens is 1. The Balaban J connectivity index is 0.000000469. The summed E-state index contributed by atoms with van der Waals surface area (Å²) in [7, 11) is 0. The van der Waals surface area contributed by atoms with E-state index in [1.807, 2.05) is 18.2 Å². The summed E-state index contributed by atoms with van der Waals surface area (Å²) in [5, 5.41) is 18.1. The number of anilines is 1. The number of carbonyl (C=O) groups is 4. The van der Waals surface area contributed by atoms with Gasteiger partial charge in [-0.05, 0) is 44.1 Å². The maximum atomic E-state index is 12.7. The Kier molecular flexibility index (Phi) is 8.52. The number of carbonyl (C=O) groups excluding carboxylic acids is 2. The number of nitrogens with one attached hydrogen (secondary N) is 1. The van der Waals surface area contributed by atoms with Crippen molar-refractivity contribution in [3.8, 4) is 0 Å². The maximum absolute atomic E-state index is 12.7. The van der Waals surface area contributed by atoms with Gasteiger partial charge in [-0.1, -0.05) is 41.9 Å². The highest BCUT2D eigenvalue weighted by atomic mass is 35.5. The zero-order chi connectivity index (χ0) is 22.1. The molecule has 0 unspecified atom stereocenters. The molecule has 2 aromatic rings. The van der Waals surface area contributed by atoms with Crippen LogP contribution >= 0.6 is 11.6 Å². The number of carboxylic acids is 2. The lowest BCUT2D eigenvalue weighted by Gasteiger charge is -2.16. The molecule has 0 bridgehead atoms. The van der Waals surface area contributed by atoms with Gasteiger partial charge in [-0.15, -0.1) is 0 Å². The molecular formula is C21H21ClN2O6. The van der Waals surface area contributed by atoms with Crippen LogP contribution in [0.1, 0.15) is 28.8 Å². The fourth-order valence-corrected chi connectivity index (χ4v) is 3.06. The molecule has 8 nitrogen and oxygen atoms in total. The van der Waals surface area contributed by atoms with Crippen LogP contribution in [-0.2, 0) is 14.4 Å². The van der Waals surface area contributed by atoms with Gasteiger partial charge < -0.3 is 15.5 Å². The van der Waals surface area contributed by atoms with Crippen LogP contribution in [0.2, 0.25) is 5.02 Å². The Morgan fingerprint density at radius 1 is 0.933 bits per heavy atom. The van der Waals surface area contributed by atoms with E-state index < -0.39 is 11.9 Å². The van der Waals surface area contributed by atoms with Crippen molar-refractivity contribution >= 4 is 40.9 Å². The summed E-state index contributed by atoms with van der Waals surface area (Å²) < 4.78 is 0. The molecule has 1 heterocycles. The molecule has 3 rings (SSSR count). The Morgan fingerprint density at radius 2 is 1.53 bits per heavy atom. The van der Waals surface area contributed by atoms with Gasteiger partial charge in [0, 0.05) is 16.1 Å². The summed E-state index contributed by atoms with van der Waals surface area (Å²) in [5.41, 5.74) is 1.47. The van der Waals surface area contributed by atoms with Crippen LogP contribution in [0.5, 0.6) is 0 Å². The smallest absolute Gasteiger partial charge is 0.414 e. The predicted molar refractivity (Wildman–Crippen MR) is 111 cm³/mol. The molecular weight excluding hydrogens is 412 g/mol. The van der Waals surface area contributed by atoms with Gasteiger partial charge in [-0.25, -0.2) is 9.59 Å². The third kappa shape index (κ3) is 6.98. The monoisotopic (exact) mass is 432 g/mol. The number of amides is 1. The SMILES string of the molecule is O=C(CN1CCCC1)Nc1ccc(Cl)cc1C(=O)c1ccccc1.O=C(O)C(=O)O. The third-order valence-corrected chi connectivity index (χ3v) is 4.52. The molecule has 0 saturated carbocycles. The molecule has 9 heteroatoms. The first kappa shape index (κ1) is 23.1. The topological polar surface area (TPSA) is 124 Å². The molecule has 158 valence electrons. The second kappa shape index (κ2) is 11.1. The Bertz CT molecular complexity index is 914. The molecule has 3 N–H and O–H groups in total. The van der Waals surface area contributed by atoms with Gasteiger partial charge in [-0.3, -0.25) is 14.5 Å². The van der Waals surface area contributed by atoms with Crippen LogP contribution in [0.4, 0.5) is 5.69 Å². The van der Waals surface area contributed by atoms with Crippen molar-refractivity contribution in [1.82, 2.24) is 4.90 Å². The van der Waals surface area contributed by atoms with Crippen LogP contribution in [-0.4, -0.2) is 58.4 Å². The number of carboxylic acid groups (broad SMARTS) is 2. The fraction of sp³-hybridized carbons (Fsp3) is 0.238. The van der Waals surface area contributed by atoms with Gasteiger partial charge in [0.1, 0.15) is 0 Å². The van der Waals surface area contributed by atoms with Gasteiger partial charge in [0.15, 0.2) is 5.78 Å². The number of hydrogen-bond acceptors (Lipinski definition) is 5. The van der Waals surface area contributed by atoms with Crippen molar-refractivity contribution < 1.29 is 29.4 Å². The van der Waals surface area contributed by atoms with Crippen LogP contribution in [0.3, 0.4) is 0 Å². The highest BCUT2D eigenvalue weighted by molar-refractivity contribution is 6.31. The van der Waals surface area contributed by atoms with Crippen LogP contribution in [0, 0.1) is 0 Å². The fourth-order valence-electron chi connectivity index (χ4n) is 2.89. The lowest BCUT2D eigenvalue weighted by molar-refractivity contribution is -0.159. The van der Waals surface area contributed by atoms with Crippen molar-refractivity contribution in [2.75, 3.05) is 25.0 Å². The Morgan fingerprint density at radius 3 is 2.10 bits per heavy atom. The summed E-state index contributed by atoms with van der Waals surface area (Å²) in [5.74, 6) is -3.92. The van der Waals surface area contributed by atoms with E-state index in [9.17, 15) is 9.59 Å². The van der Waals surface area contributed by atoms with Crippen molar-refractivity contribution in [3.63, 3.8) is 0 Å². The molecule has 30 heavy (non-hydrogen) atoms. The van der Waals surface area contributed by atoms with Gasteiger partial charge in [-0.2, -0.15) is 0 Å². The first-order valence-electron chi connectivity index (χ1n) is 9.15. The number of nitrogens with zero attached hydrogens (tertiary/aromatic N) is 1. The first-order valence-corrected chi connectivity index (χ1v) is 9.53. The average Bonchev–Trinajstić information content (AvgIpc) is 3.22. The van der Waals surface area contributed by atoms with Crippen molar-refractivity contribution in [2.45, 2.75) is 12.8 Å². The molecule has 0 aliphatic carbocycles. The largest absolute Gasteiger partial charge is 0.473 e. The molecule has 0 radical (unpaired) electrons. The van der Waals surface area contributed by atoms with E-state index in [1.54, 1.807) is 30.3 Å². The molecule has 1 aliphatic rings. The van der Waals surface area contributed by atoms with Gasteiger partial charge in [0.2, 0.25) is 5.91 Å². The normalized spacial score (nSPS) is 13.1. The van der Waals surface area contributed by atoms with E-state index in [4.69, 9.17) is 31.4 Å². The minimum Gasteiger partial charge on any atom is -0.473 e. The Labute approximate surface area is 178 Å². The zero-order valence-corrected chi connectivity index (χ0v) is 16.8. The molecule has 0 atom stereocenters. The third-order valence-electron chi connectivity index (χ3n) is 4.29. The second-order valence-corrected chi connectivity index (χ2v) is 6.96. The van der Waals surface area contributed by atoms with Gasteiger partial charge >= 0.3 is 11.9 Å². The van der Waals surface area contributed by atoms with Gasteiger partial charge in [0.25, 0.3) is 0 Å². The Hall–Kier alpha value is -3.23. The van der Waals surface area contributed by atoms with Crippen LogP contribution < -0.4 is 5.32 Å². The molecule has 1 amide bonds. The number of hydrogen-bond donors (Lipinski definition) is 3. The van der Waals surface area contributed by atoms with E-state index in [1.165, 1.54) is 0 Å². The first-order chi connectivity index (χ1) is 14.3. The highest BCUT2D eigenvalue weighted by Gasteiger charge is 2.18. The van der Waals surface area contributed by atoms with Crippen molar-refractivity contribution in [3.05, 3.63) is 64.7 Å². The summed E-state index contributed by atoms with van der Waals surface area (Å²) in [6, 6.07) is 13.9. The van der Waals surface area contributed by atoms with Crippen LogP contribution in [0.25, 0.3) is 0 Å². The summed E-state index contributed by atoms with van der Waals surface area (Å²) in [6.07, 6.45) is 2.26. The summed E-state index contributed by atoms with van der Waals surface area (Å²) in [4.78, 5) is 45.3. The minimum absolute atomic E-state index is 0.110. The van der Waals surface area contributed by atoms with Crippen LogP contribution in [0.15, 0.2) is 48.5 Å². The van der Waals surface area contributed by atoms with E-state index in [-0.39, 0.29) is 11.7 Å². The summed E-state index contributed by atoms with van der Waals surface area (Å²) in [6.45, 7) is 2.25. The molecule has 2 aromatic carbocycles. The highest BCUT2D eigenvalue weighted by Crippen LogP contribution is 2.24. The van der Waals surface area contributed by atoms with E-state index in [2.05, 4.69) is 10.2 Å². The van der Waals surface area contributed by atoms with Gasteiger partial charge in [0.05, 0.1) is 12.2 Å².